The molecule has 1 aliphatic rings. The topological polar surface area (TPSA) is 29.5 Å². The molecule has 3 nitrogen and oxygen atoms in total. The van der Waals surface area contributed by atoms with E-state index in [1.54, 1.807) is 7.11 Å². The monoisotopic (exact) mass is 247 g/mol. The molecule has 0 saturated carbocycles. The van der Waals surface area contributed by atoms with Crippen LogP contribution in [0.4, 0.5) is 0 Å². The van der Waals surface area contributed by atoms with Crippen LogP contribution < -0.4 is 0 Å². The molecule has 0 aromatic heterocycles. The van der Waals surface area contributed by atoms with Gasteiger partial charge in [0.15, 0.2) is 0 Å². The maximum Gasteiger partial charge on any atom is 0.227 e. The standard InChI is InChI=1S/C15H21NO2/c1-12-5-7-13(8-6-12)10-15(17)16-9-3-4-14(16)11-18-2/h5-8,14H,3-4,9-11H2,1-2H3/t14-/m1/s1. The zero-order valence-electron chi connectivity index (χ0n) is 11.2. The Hall–Kier alpha value is -1.35. The average molecular weight is 247 g/mol. The molecule has 0 unspecified atom stereocenters. The number of hydrogen-bond donors (Lipinski definition) is 0. The number of benzene rings is 1. The molecule has 2 rings (SSSR count). The molecule has 1 saturated heterocycles. The summed E-state index contributed by atoms with van der Waals surface area (Å²) in [5, 5.41) is 0. The predicted molar refractivity (Wildman–Crippen MR) is 71.5 cm³/mol. The first-order chi connectivity index (χ1) is 8.70. The summed E-state index contributed by atoms with van der Waals surface area (Å²) < 4.78 is 5.18. The number of likely N-dealkylation sites (tertiary alicyclic amines) is 1. The maximum absolute atomic E-state index is 12.3. The number of carbonyl (C=O) groups excluding carboxylic acids is 1. The first kappa shape index (κ1) is 13.1. The van der Waals surface area contributed by atoms with Crippen molar-refractivity contribution in [1.82, 2.24) is 4.90 Å². The fourth-order valence-electron chi connectivity index (χ4n) is 2.51. The number of methoxy groups -OCH3 is 1. The Bertz CT molecular complexity index is 399. The van der Waals surface area contributed by atoms with Crippen molar-refractivity contribution >= 4 is 5.91 Å². The predicted octanol–water partition coefficient (Wildman–Crippen LogP) is 2.17. The van der Waals surface area contributed by atoms with Crippen molar-refractivity contribution in [2.75, 3.05) is 20.3 Å². The van der Waals surface area contributed by atoms with Crippen LogP contribution in [0.15, 0.2) is 24.3 Å². The number of ether oxygens (including phenoxy) is 1. The normalized spacial score (nSPS) is 19.2. The van der Waals surface area contributed by atoms with E-state index in [9.17, 15) is 4.79 Å². The first-order valence-electron chi connectivity index (χ1n) is 6.54. The van der Waals surface area contributed by atoms with Crippen molar-refractivity contribution in [1.29, 1.82) is 0 Å². The maximum atomic E-state index is 12.3. The Labute approximate surface area is 109 Å². The van der Waals surface area contributed by atoms with Crippen molar-refractivity contribution in [3.63, 3.8) is 0 Å². The second-order valence-electron chi connectivity index (χ2n) is 5.00. The summed E-state index contributed by atoms with van der Waals surface area (Å²) in [7, 11) is 1.70. The molecule has 3 heteroatoms. The van der Waals surface area contributed by atoms with Crippen LogP contribution in [0, 0.1) is 6.92 Å². The van der Waals surface area contributed by atoms with Gasteiger partial charge in [-0.25, -0.2) is 0 Å². The zero-order valence-corrected chi connectivity index (χ0v) is 11.2. The van der Waals surface area contributed by atoms with Crippen LogP contribution in [0.5, 0.6) is 0 Å². The Kier molecular flexibility index (Phi) is 4.37. The molecule has 0 N–H and O–H groups in total. The highest BCUT2D eigenvalue weighted by atomic mass is 16.5. The van der Waals surface area contributed by atoms with Crippen LogP contribution in [0.2, 0.25) is 0 Å². The van der Waals surface area contributed by atoms with Gasteiger partial charge in [0.1, 0.15) is 0 Å². The molecule has 1 amide bonds. The molecular formula is C15H21NO2. The van der Waals surface area contributed by atoms with E-state index < -0.39 is 0 Å². The highest BCUT2D eigenvalue weighted by Gasteiger charge is 2.28. The molecule has 1 aromatic rings. The van der Waals surface area contributed by atoms with Crippen molar-refractivity contribution in [3.8, 4) is 0 Å². The van der Waals surface area contributed by atoms with E-state index in [0.29, 0.717) is 13.0 Å². The van der Waals surface area contributed by atoms with Gasteiger partial charge >= 0.3 is 0 Å². The van der Waals surface area contributed by atoms with Crippen LogP contribution in [0.1, 0.15) is 24.0 Å². The molecule has 0 bridgehead atoms. The first-order valence-corrected chi connectivity index (χ1v) is 6.54. The largest absolute Gasteiger partial charge is 0.383 e. The lowest BCUT2D eigenvalue weighted by Gasteiger charge is -2.24. The highest BCUT2D eigenvalue weighted by Crippen LogP contribution is 2.19. The second kappa shape index (κ2) is 6.01. The van der Waals surface area contributed by atoms with E-state index in [1.807, 2.05) is 17.0 Å². The van der Waals surface area contributed by atoms with E-state index in [-0.39, 0.29) is 11.9 Å². The van der Waals surface area contributed by atoms with Gasteiger partial charge in [-0.15, -0.1) is 0 Å². The summed E-state index contributed by atoms with van der Waals surface area (Å²) in [6, 6.07) is 8.45. The third kappa shape index (κ3) is 3.10. The van der Waals surface area contributed by atoms with Crippen molar-refractivity contribution in [3.05, 3.63) is 35.4 Å². The Morgan fingerprint density at radius 2 is 2.11 bits per heavy atom. The SMILES string of the molecule is COC[C@H]1CCCN1C(=O)Cc1ccc(C)cc1. The van der Waals surface area contributed by atoms with Gasteiger partial charge < -0.3 is 9.64 Å². The molecule has 18 heavy (non-hydrogen) atoms. The minimum Gasteiger partial charge on any atom is -0.383 e. The summed E-state index contributed by atoms with van der Waals surface area (Å²) >= 11 is 0. The van der Waals surface area contributed by atoms with Gasteiger partial charge in [0.2, 0.25) is 5.91 Å². The summed E-state index contributed by atoms with van der Waals surface area (Å²) in [6.07, 6.45) is 2.65. The van der Waals surface area contributed by atoms with Crippen LogP contribution in [0.25, 0.3) is 0 Å². The third-order valence-electron chi connectivity index (χ3n) is 3.53. The number of rotatable bonds is 4. The van der Waals surface area contributed by atoms with Gasteiger partial charge in [-0.05, 0) is 25.3 Å². The average Bonchev–Trinajstić information content (AvgIpc) is 2.81. The minimum atomic E-state index is 0.221. The van der Waals surface area contributed by atoms with Crippen LogP contribution in [-0.4, -0.2) is 37.1 Å². The van der Waals surface area contributed by atoms with Crippen molar-refractivity contribution in [2.24, 2.45) is 0 Å². The van der Waals surface area contributed by atoms with Gasteiger partial charge in [-0.1, -0.05) is 29.8 Å². The molecular weight excluding hydrogens is 226 g/mol. The van der Waals surface area contributed by atoms with Crippen molar-refractivity contribution in [2.45, 2.75) is 32.2 Å². The lowest BCUT2D eigenvalue weighted by Crippen LogP contribution is -2.38. The molecule has 0 radical (unpaired) electrons. The molecule has 1 fully saturated rings. The van der Waals surface area contributed by atoms with E-state index in [2.05, 4.69) is 19.1 Å². The van der Waals surface area contributed by atoms with Gasteiger partial charge in [-0.3, -0.25) is 4.79 Å². The van der Waals surface area contributed by atoms with Gasteiger partial charge in [0.05, 0.1) is 19.1 Å². The lowest BCUT2D eigenvalue weighted by molar-refractivity contribution is -0.132. The van der Waals surface area contributed by atoms with Crippen LogP contribution in [0.3, 0.4) is 0 Å². The number of amides is 1. The molecule has 1 heterocycles. The van der Waals surface area contributed by atoms with E-state index in [0.717, 1.165) is 24.9 Å². The smallest absolute Gasteiger partial charge is 0.227 e. The van der Waals surface area contributed by atoms with Gasteiger partial charge in [0, 0.05) is 13.7 Å². The fraction of sp³-hybridized carbons (Fsp3) is 0.533. The zero-order chi connectivity index (χ0) is 13.0. The molecule has 0 aliphatic carbocycles. The van der Waals surface area contributed by atoms with E-state index >= 15 is 0 Å². The van der Waals surface area contributed by atoms with E-state index in [1.165, 1.54) is 5.56 Å². The Balaban J connectivity index is 1.96. The molecule has 1 aromatic carbocycles. The molecule has 1 atom stereocenters. The summed E-state index contributed by atoms with van der Waals surface area (Å²) in [5.74, 6) is 0.221. The number of nitrogens with zero attached hydrogens (tertiary/aromatic N) is 1. The fourth-order valence-corrected chi connectivity index (χ4v) is 2.51. The van der Waals surface area contributed by atoms with Crippen molar-refractivity contribution < 1.29 is 9.53 Å². The number of aryl methyl sites for hydroxylation is 1. The quantitative estimate of drug-likeness (QED) is 0.816. The lowest BCUT2D eigenvalue weighted by atomic mass is 10.1. The Morgan fingerprint density at radius 3 is 2.78 bits per heavy atom. The Morgan fingerprint density at radius 1 is 1.39 bits per heavy atom. The summed E-state index contributed by atoms with van der Waals surface area (Å²) in [4.78, 5) is 14.2. The second-order valence-corrected chi connectivity index (χ2v) is 5.00. The number of carbonyl (C=O) groups is 1. The van der Waals surface area contributed by atoms with E-state index in [4.69, 9.17) is 4.74 Å². The summed E-state index contributed by atoms with van der Waals surface area (Å²) in [5.41, 5.74) is 2.32. The van der Waals surface area contributed by atoms with Crippen LogP contribution in [-0.2, 0) is 16.0 Å². The van der Waals surface area contributed by atoms with Crippen LogP contribution >= 0.6 is 0 Å². The van der Waals surface area contributed by atoms with Gasteiger partial charge in [0.25, 0.3) is 0 Å². The highest BCUT2D eigenvalue weighted by molar-refractivity contribution is 5.79. The third-order valence-corrected chi connectivity index (χ3v) is 3.53. The molecule has 98 valence electrons. The molecule has 0 spiro atoms. The van der Waals surface area contributed by atoms with Gasteiger partial charge in [-0.2, -0.15) is 0 Å². The number of hydrogen-bond acceptors (Lipinski definition) is 2. The molecule has 1 aliphatic heterocycles. The summed E-state index contributed by atoms with van der Waals surface area (Å²) in [6.45, 7) is 3.58. The minimum absolute atomic E-state index is 0.221.